The van der Waals surface area contributed by atoms with E-state index in [4.69, 9.17) is 9.84 Å². The number of urea groups is 1. The molecular formula is C12H19N3O5. The third-order valence-electron chi connectivity index (χ3n) is 3.41. The molecule has 0 aromatic rings. The van der Waals surface area contributed by atoms with Crippen LogP contribution in [-0.4, -0.2) is 66.3 Å². The largest absolute Gasteiger partial charge is 0.481 e. The summed E-state index contributed by atoms with van der Waals surface area (Å²) in [5.41, 5.74) is 0. The van der Waals surface area contributed by atoms with Crippen molar-refractivity contribution in [2.45, 2.75) is 31.4 Å². The number of aliphatic carboxylic acids is 1. The number of hydrogen-bond donors (Lipinski definition) is 3. The van der Waals surface area contributed by atoms with Crippen LogP contribution in [0.5, 0.6) is 0 Å². The lowest BCUT2D eigenvalue weighted by atomic mass is 10.2. The Labute approximate surface area is 116 Å². The van der Waals surface area contributed by atoms with Gasteiger partial charge in [-0.2, -0.15) is 0 Å². The van der Waals surface area contributed by atoms with E-state index in [0.29, 0.717) is 26.1 Å². The Bertz CT molecular complexity index is 401. The summed E-state index contributed by atoms with van der Waals surface area (Å²) in [6.07, 6.45) is 0.656. The minimum atomic E-state index is -0.939. The number of carboxylic acids is 1. The van der Waals surface area contributed by atoms with Crippen molar-refractivity contribution >= 4 is 17.9 Å². The summed E-state index contributed by atoms with van der Waals surface area (Å²) in [5, 5.41) is 14.3. The lowest BCUT2D eigenvalue weighted by molar-refractivity contribution is -0.141. The molecule has 2 rings (SSSR count). The summed E-state index contributed by atoms with van der Waals surface area (Å²) < 4.78 is 5.30. The maximum absolute atomic E-state index is 12.0. The standard InChI is InChI=1S/C12H19N3O5/c16-10-2-1-8(14-10)6-13-12(19)15-3-4-20-9(7-15)5-11(17)18/h8-9H,1-7H2,(H,13,19)(H,14,16)(H,17,18). The van der Waals surface area contributed by atoms with Crippen LogP contribution in [0, 0.1) is 0 Å². The molecule has 20 heavy (non-hydrogen) atoms. The molecule has 8 heteroatoms. The molecule has 2 aliphatic rings. The number of hydrogen-bond acceptors (Lipinski definition) is 4. The predicted molar refractivity (Wildman–Crippen MR) is 68.1 cm³/mol. The molecule has 3 amide bonds. The van der Waals surface area contributed by atoms with Crippen LogP contribution < -0.4 is 10.6 Å². The molecule has 8 nitrogen and oxygen atoms in total. The highest BCUT2D eigenvalue weighted by Crippen LogP contribution is 2.09. The first-order valence-corrected chi connectivity index (χ1v) is 6.70. The fourth-order valence-electron chi connectivity index (χ4n) is 2.37. The monoisotopic (exact) mass is 285 g/mol. The van der Waals surface area contributed by atoms with Crippen molar-refractivity contribution in [3.8, 4) is 0 Å². The average Bonchev–Trinajstić information content (AvgIpc) is 2.81. The summed E-state index contributed by atoms with van der Waals surface area (Å²) in [6, 6.07) is -0.257. The minimum Gasteiger partial charge on any atom is -0.481 e. The third kappa shape index (κ3) is 4.09. The van der Waals surface area contributed by atoms with Crippen LogP contribution in [0.4, 0.5) is 4.79 Å². The van der Waals surface area contributed by atoms with Crippen molar-refractivity contribution in [1.82, 2.24) is 15.5 Å². The first kappa shape index (κ1) is 14.6. The summed E-state index contributed by atoms with van der Waals surface area (Å²) in [6.45, 7) is 1.45. The third-order valence-corrected chi connectivity index (χ3v) is 3.41. The second-order valence-corrected chi connectivity index (χ2v) is 5.03. The Hall–Kier alpha value is -1.83. The Morgan fingerprint density at radius 2 is 2.30 bits per heavy atom. The van der Waals surface area contributed by atoms with Gasteiger partial charge in [-0.3, -0.25) is 9.59 Å². The molecule has 0 aromatic heterocycles. The first-order chi connectivity index (χ1) is 9.54. The zero-order valence-electron chi connectivity index (χ0n) is 11.1. The average molecular weight is 285 g/mol. The summed E-state index contributed by atoms with van der Waals surface area (Å²) >= 11 is 0. The quantitative estimate of drug-likeness (QED) is 0.623. The molecule has 0 spiro atoms. The number of rotatable bonds is 4. The van der Waals surface area contributed by atoms with Crippen LogP contribution in [0.15, 0.2) is 0 Å². The minimum absolute atomic E-state index is 0.0112. The van der Waals surface area contributed by atoms with Crippen molar-refractivity contribution in [2.24, 2.45) is 0 Å². The maximum Gasteiger partial charge on any atom is 0.317 e. The van der Waals surface area contributed by atoms with Crippen LogP contribution in [-0.2, 0) is 14.3 Å². The molecule has 0 radical (unpaired) electrons. The maximum atomic E-state index is 12.0. The van der Waals surface area contributed by atoms with Crippen LogP contribution in [0.25, 0.3) is 0 Å². The smallest absolute Gasteiger partial charge is 0.317 e. The van der Waals surface area contributed by atoms with Gasteiger partial charge in [0.25, 0.3) is 0 Å². The summed E-state index contributed by atoms with van der Waals surface area (Å²) in [5.74, 6) is -0.928. The molecule has 0 aliphatic carbocycles. The highest BCUT2D eigenvalue weighted by molar-refractivity contribution is 5.79. The van der Waals surface area contributed by atoms with Crippen molar-refractivity contribution in [1.29, 1.82) is 0 Å². The normalized spacial score (nSPS) is 26.2. The van der Waals surface area contributed by atoms with Crippen LogP contribution >= 0.6 is 0 Å². The second kappa shape index (κ2) is 6.56. The van der Waals surface area contributed by atoms with Crippen molar-refractivity contribution in [3.05, 3.63) is 0 Å². The lowest BCUT2D eigenvalue weighted by Gasteiger charge is -2.32. The molecule has 2 aliphatic heterocycles. The number of amides is 3. The summed E-state index contributed by atoms with van der Waals surface area (Å²) in [7, 11) is 0. The number of carbonyl (C=O) groups excluding carboxylic acids is 2. The van der Waals surface area contributed by atoms with E-state index >= 15 is 0 Å². The molecule has 2 heterocycles. The molecule has 2 unspecified atom stereocenters. The Balaban J connectivity index is 1.74. The topological polar surface area (TPSA) is 108 Å². The molecule has 112 valence electrons. The van der Waals surface area contributed by atoms with Crippen molar-refractivity contribution in [3.63, 3.8) is 0 Å². The zero-order chi connectivity index (χ0) is 14.5. The highest BCUT2D eigenvalue weighted by atomic mass is 16.5. The molecule has 0 aromatic carbocycles. The van der Waals surface area contributed by atoms with E-state index in [1.54, 1.807) is 4.90 Å². The molecule has 0 bridgehead atoms. The zero-order valence-corrected chi connectivity index (χ0v) is 11.1. The van der Waals surface area contributed by atoms with E-state index in [2.05, 4.69) is 10.6 Å². The van der Waals surface area contributed by atoms with Gasteiger partial charge in [0.1, 0.15) is 0 Å². The predicted octanol–water partition coefficient (Wildman–Crippen LogP) is -0.850. The molecule has 2 atom stereocenters. The number of carboxylic acid groups (broad SMARTS) is 1. The van der Waals surface area contributed by atoms with E-state index in [9.17, 15) is 14.4 Å². The van der Waals surface area contributed by atoms with Gasteiger partial charge in [-0.1, -0.05) is 0 Å². The Kier molecular flexibility index (Phi) is 4.78. The number of morpholine rings is 1. The van der Waals surface area contributed by atoms with Crippen LogP contribution in [0.2, 0.25) is 0 Å². The van der Waals surface area contributed by atoms with Crippen molar-refractivity contribution < 1.29 is 24.2 Å². The number of ether oxygens (including phenoxy) is 1. The first-order valence-electron chi connectivity index (χ1n) is 6.70. The molecule has 3 N–H and O–H groups in total. The Morgan fingerprint density at radius 3 is 2.95 bits per heavy atom. The summed E-state index contributed by atoms with van der Waals surface area (Å²) in [4.78, 5) is 35.2. The van der Waals surface area contributed by atoms with Gasteiger partial charge in [0, 0.05) is 32.1 Å². The van der Waals surface area contributed by atoms with Gasteiger partial charge in [-0.25, -0.2) is 4.79 Å². The highest BCUT2D eigenvalue weighted by Gasteiger charge is 2.27. The molecule has 0 saturated carbocycles. The van der Waals surface area contributed by atoms with Gasteiger partial charge in [0.2, 0.25) is 5.91 Å². The molecular weight excluding hydrogens is 266 g/mol. The van der Waals surface area contributed by atoms with E-state index in [-0.39, 0.29) is 30.9 Å². The van der Waals surface area contributed by atoms with Crippen LogP contribution in [0.3, 0.4) is 0 Å². The van der Waals surface area contributed by atoms with E-state index in [0.717, 1.165) is 6.42 Å². The SMILES string of the molecule is O=C(O)CC1CN(C(=O)NCC2CCC(=O)N2)CCO1. The van der Waals surface area contributed by atoms with Crippen molar-refractivity contribution in [2.75, 3.05) is 26.2 Å². The molecule has 2 fully saturated rings. The van der Waals surface area contributed by atoms with Crippen LogP contribution in [0.1, 0.15) is 19.3 Å². The number of carbonyl (C=O) groups is 3. The fraction of sp³-hybridized carbons (Fsp3) is 0.750. The van der Waals surface area contributed by atoms with Gasteiger partial charge < -0.3 is 25.4 Å². The second-order valence-electron chi connectivity index (χ2n) is 5.03. The Morgan fingerprint density at radius 1 is 1.50 bits per heavy atom. The van der Waals surface area contributed by atoms with Gasteiger partial charge in [-0.15, -0.1) is 0 Å². The van der Waals surface area contributed by atoms with Gasteiger partial charge in [0.15, 0.2) is 0 Å². The van der Waals surface area contributed by atoms with Gasteiger partial charge >= 0.3 is 12.0 Å². The van der Waals surface area contributed by atoms with E-state index < -0.39 is 12.1 Å². The number of nitrogens with zero attached hydrogens (tertiary/aromatic N) is 1. The van der Waals surface area contributed by atoms with Gasteiger partial charge in [-0.05, 0) is 6.42 Å². The van der Waals surface area contributed by atoms with Gasteiger partial charge in [0.05, 0.1) is 19.1 Å². The number of nitrogens with one attached hydrogen (secondary N) is 2. The fourth-order valence-corrected chi connectivity index (χ4v) is 2.37. The van der Waals surface area contributed by atoms with E-state index in [1.807, 2.05) is 0 Å². The van der Waals surface area contributed by atoms with E-state index in [1.165, 1.54) is 0 Å². The lowest BCUT2D eigenvalue weighted by Crippen LogP contribution is -2.51. The molecule has 2 saturated heterocycles.